The van der Waals surface area contributed by atoms with Gasteiger partial charge in [0.2, 0.25) is 0 Å². The summed E-state index contributed by atoms with van der Waals surface area (Å²) >= 11 is 2.50. The highest BCUT2D eigenvalue weighted by atomic mass is 32.2. The summed E-state index contributed by atoms with van der Waals surface area (Å²) in [5.74, 6) is -3.38. The van der Waals surface area contributed by atoms with Crippen molar-refractivity contribution in [2.24, 2.45) is 0 Å². The number of benzene rings is 2. The van der Waals surface area contributed by atoms with E-state index in [0.717, 1.165) is 11.1 Å². The normalized spacial score (nSPS) is 29.7. The maximum Gasteiger partial charge on any atom is 0.321 e. The Morgan fingerprint density at radius 2 is 1.42 bits per heavy atom. The summed E-state index contributed by atoms with van der Waals surface area (Å²) in [6.07, 6.45) is 12.0. The maximum atomic E-state index is 15.2. The van der Waals surface area contributed by atoms with Crippen LogP contribution >= 0.6 is 23.5 Å². The number of hydrogen-bond donors (Lipinski definition) is 0. The van der Waals surface area contributed by atoms with Gasteiger partial charge in [-0.15, -0.1) is 23.5 Å². The lowest BCUT2D eigenvalue weighted by molar-refractivity contribution is -0.172. The average Bonchev–Trinajstić information content (AvgIpc) is 3.58. The first-order valence-electron chi connectivity index (χ1n) is 16.3. The largest absolute Gasteiger partial charge is 0.473 e. The maximum absolute atomic E-state index is 15.2. The second-order valence-corrected chi connectivity index (χ2v) is 15.0. The molecule has 0 spiro atoms. The molecule has 7 atom stereocenters. The Hall–Kier alpha value is -4.55. The smallest absolute Gasteiger partial charge is 0.321 e. The number of carbonyl (C=O) groups is 5. The van der Waals surface area contributed by atoms with Crippen molar-refractivity contribution in [2.75, 3.05) is 12.5 Å². The lowest BCUT2D eigenvalue weighted by Crippen LogP contribution is -2.74. The van der Waals surface area contributed by atoms with Crippen LogP contribution in [0.5, 0.6) is 0 Å². The molecule has 7 unspecified atom stereocenters. The Morgan fingerprint density at radius 3 is 2.04 bits per heavy atom. The molecule has 0 aromatic heterocycles. The van der Waals surface area contributed by atoms with Crippen molar-refractivity contribution in [1.29, 1.82) is 0 Å². The van der Waals surface area contributed by atoms with Gasteiger partial charge in [-0.05, 0) is 53.9 Å². The zero-order valence-electron chi connectivity index (χ0n) is 27.7. The minimum atomic E-state index is -1.40. The Bertz CT molecular complexity index is 1860. The fourth-order valence-electron chi connectivity index (χ4n) is 7.83. The molecule has 2 amide bonds. The molecule has 50 heavy (non-hydrogen) atoms. The van der Waals surface area contributed by atoms with E-state index >= 15 is 9.59 Å². The fourth-order valence-corrected chi connectivity index (χ4v) is 9.78. The summed E-state index contributed by atoms with van der Waals surface area (Å²) in [6, 6.07) is 16.4. The highest BCUT2D eigenvalue weighted by molar-refractivity contribution is 8.01. The number of esters is 2. The quantitative estimate of drug-likeness (QED) is 0.268. The lowest BCUT2D eigenvalue weighted by Gasteiger charge is -2.54. The van der Waals surface area contributed by atoms with E-state index in [0.29, 0.717) is 11.1 Å². The molecule has 0 bridgehead atoms. The number of amides is 2. The molecule has 4 heterocycles. The molecule has 1 aliphatic carbocycles. The number of fused-ring (bicyclic) bond motifs is 6. The molecule has 3 fully saturated rings. The molecule has 0 saturated carbocycles. The van der Waals surface area contributed by atoms with E-state index < -0.39 is 51.9 Å². The number of hydrogen-bond acceptors (Lipinski definition) is 10. The van der Waals surface area contributed by atoms with Crippen molar-refractivity contribution < 1.29 is 38.2 Å². The molecule has 2 aromatic carbocycles. The van der Waals surface area contributed by atoms with Gasteiger partial charge in [0.05, 0.1) is 31.0 Å². The Balaban J connectivity index is 1.23. The summed E-state index contributed by atoms with van der Waals surface area (Å²) in [5, 5.41) is 0. The van der Waals surface area contributed by atoms with Gasteiger partial charge in [0.15, 0.2) is 9.74 Å². The lowest BCUT2D eigenvalue weighted by atomic mass is 9.95. The molecule has 12 heteroatoms. The third-order valence-corrected chi connectivity index (χ3v) is 12.4. The van der Waals surface area contributed by atoms with Gasteiger partial charge < -0.3 is 24.0 Å². The predicted molar refractivity (Wildman–Crippen MR) is 188 cm³/mol. The third kappa shape index (κ3) is 5.40. The van der Waals surface area contributed by atoms with Gasteiger partial charge in [0.1, 0.15) is 23.9 Å². The van der Waals surface area contributed by atoms with E-state index in [-0.39, 0.29) is 36.9 Å². The molecular formula is C38H36N2O8S2. The highest BCUT2D eigenvalue weighted by Crippen LogP contribution is 2.59. The van der Waals surface area contributed by atoms with E-state index in [4.69, 9.17) is 14.2 Å². The summed E-state index contributed by atoms with van der Waals surface area (Å²) in [7, 11) is 0. The van der Waals surface area contributed by atoms with Crippen LogP contribution in [0.15, 0.2) is 109 Å². The van der Waals surface area contributed by atoms with Gasteiger partial charge in [-0.25, -0.2) is 0 Å². The van der Waals surface area contributed by atoms with Crippen LogP contribution in [-0.2, 0) is 44.6 Å². The number of nitrogens with zero attached hydrogens (tertiary/aromatic N) is 2. The standard InChI is InChI=1S/C38H36N2O8S2/c1-23(41)31(25-13-8-5-9-14-25)34(43)48-29-17-18-46-22-27-21-38(50-3)36(45)39-32-26(20-37(39,49-2)35(44)40(38)33(27)29)15-10-16-28(32)47-30(42)19-24-11-6-4-7-12-24/h4-18,22,28-29,31-33H,19-21H2,1-3H3. The molecule has 2 aromatic rings. The number of allylic oxidation sites excluding steroid dienone is 2. The van der Waals surface area contributed by atoms with Gasteiger partial charge in [-0.2, -0.15) is 0 Å². The molecule has 3 saturated heterocycles. The summed E-state index contributed by atoms with van der Waals surface area (Å²) in [6.45, 7) is 1.34. The van der Waals surface area contributed by atoms with Gasteiger partial charge in [0, 0.05) is 12.8 Å². The van der Waals surface area contributed by atoms with Gasteiger partial charge in [-0.1, -0.05) is 72.8 Å². The molecular weight excluding hydrogens is 677 g/mol. The number of Topliss-reactive ketones (excluding diaryl/α,β-unsaturated/α-hetero) is 1. The van der Waals surface area contributed by atoms with Crippen LogP contribution in [0.2, 0.25) is 0 Å². The molecule has 4 aliphatic heterocycles. The van der Waals surface area contributed by atoms with Crippen molar-refractivity contribution in [1.82, 2.24) is 9.80 Å². The van der Waals surface area contributed by atoms with E-state index in [1.54, 1.807) is 70.9 Å². The molecule has 10 nitrogen and oxygen atoms in total. The number of ether oxygens (including phenoxy) is 3. The van der Waals surface area contributed by atoms with E-state index in [1.165, 1.54) is 43.0 Å². The number of piperazine rings is 1. The number of rotatable bonds is 9. The van der Waals surface area contributed by atoms with Crippen molar-refractivity contribution in [3.05, 3.63) is 120 Å². The van der Waals surface area contributed by atoms with E-state index in [2.05, 4.69) is 0 Å². The first kappa shape index (κ1) is 33.9. The summed E-state index contributed by atoms with van der Waals surface area (Å²) in [5.41, 5.74) is 2.72. The van der Waals surface area contributed by atoms with Crippen LogP contribution in [-0.4, -0.2) is 85.9 Å². The monoisotopic (exact) mass is 712 g/mol. The minimum Gasteiger partial charge on any atom is -0.473 e. The van der Waals surface area contributed by atoms with Crippen LogP contribution in [0.3, 0.4) is 0 Å². The van der Waals surface area contributed by atoms with Gasteiger partial charge in [0.25, 0.3) is 11.8 Å². The number of thioether (sulfide) groups is 2. The minimum absolute atomic E-state index is 0.0677. The first-order valence-corrected chi connectivity index (χ1v) is 18.8. The molecule has 0 radical (unpaired) electrons. The second kappa shape index (κ2) is 13.3. The molecule has 258 valence electrons. The zero-order valence-corrected chi connectivity index (χ0v) is 29.4. The molecule has 7 rings (SSSR count). The van der Waals surface area contributed by atoms with Crippen LogP contribution < -0.4 is 0 Å². The fraction of sp³-hybridized carbons (Fsp3) is 0.342. The van der Waals surface area contributed by atoms with Gasteiger partial charge >= 0.3 is 11.9 Å². The topological polar surface area (TPSA) is 120 Å². The van der Waals surface area contributed by atoms with Crippen molar-refractivity contribution >= 4 is 53.1 Å². The van der Waals surface area contributed by atoms with Crippen LogP contribution in [0, 0.1) is 0 Å². The number of ketones is 1. The first-order chi connectivity index (χ1) is 24.1. The Labute approximate surface area is 298 Å². The van der Waals surface area contributed by atoms with Crippen molar-refractivity contribution in [3.63, 3.8) is 0 Å². The molecule has 5 aliphatic rings. The van der Waals surface area contributed by atoms with E-state index in [1.807, 2.05) is 36.4 Å². The summed E-state index contributed by atoms with van der Waals surface area (Å²) in [4.78, 5) is 70.4. The Kier molecular flexibility index (Phi) is 9.02. The third-order valence-electron chi connectivity index (χ3n) is 10.0. The van der Waals surface area contributed by atoms with Crippen molar-refractivity contribution in [3.8, 4) is 0 Å². The Morgan fingerprint density at radius 1 is 0.840 bits per heavy atom. The SMILES string of the molecule is CSC12CC3=CC=CC(OC(=O)Cc4ccccc4)C3N1C(=O)C1(SC)CC3=COC=CC(OC(=O)C(C(C)=O)c4ccccc4)C3N1C2=O. The average molecular weight is 713 g/mol. The van der Waals surface area contributed by atoms with Crippen LogP contribution in [0.1, 0.15) is 36.8 Å². The van der Waals surface area contributed by atoms with Crippen LogP contribution in [0.4, 0.5) is 0 Å². The number of carbonyl (C=O) groups excluding carboxylic acids is 5. The van der Waals surface area contributed by atoms with E-state index in [9.17, 15) is 14.4 Å². The second-order valence-electron chi connectivity index (χ2n) is 12.8. The predicted octanol–water partition coefficient (Wildman–Crippen LogP) is 4.68. The highest BCUT2D eigenvalue weighted by Gasteiger charge is 2.73. The molecule has 0 N–H and O–H groups in total. The summed E-state index contributed by atoms with van der Waals surface area (Å²) < 4.78 is 17.8. The van der Waals surface area contributed by atoms with Crippen molar-refractivity contribution in [2.45, 2.75) is 66.1 Å². The van der Waals surface area contributed by atoms with Gasteiger partial charge in [-0.3, -0.25) is 24.0 Å². The zero-order chi connectivity index (χ0) is 35.2. The van der Waals surface area contributed by atoms with Crippen LogP contribution in [0.25, 0.3) is 0 Å².